The summed E-state index contributed by atoms with van der Waals surface area (Å²) in [4.78, 5) is 28.9. The lowest BCUT2D eigenvalue weighted by molar-refractivity contribution is 0.0627. The summed E-state index contributed by atoms with van der Waals surface area (Å²) in [6.45, 7) is 2.97. The van der Waals surface area contributed by atoms with E-state index in [1.54, 1.807) is 11.0 Å². The van der Waals surface area contributed by atoms with E-state index in [4.69, 9.17) is 4.74 Å². The van der Waals surface area contributed by atoms with Gasteiger partial charge in [0.2, 0.25) is 0 Å². The minimum absolute atomic E-state index is 0.0333. The lowest BCUT2D eigenvalue weighted by Gasteiger charge is -2.32. The predicted molar refractivity (Wildman–Crippen MR) is 117 cm³/mol. The van der Waals surface area contributed by atoms with Gasteiger partial charge in [0.05, 0.1) is 12.2 Å². The van der Waals surface area contributed by atoms with Gasteiger partial charge in [-0.25, -0.2) is 8.78 Å². The molecule has 2 aliphatic heterocycles. The standard InChI is InChI=1S/C25H28F2N2O3/c26-20-9-10-22(23(27)15-20)25(31)29-13-5-6-18(16-29)17-32-21-8-4-7-19(14-21)24(30)28-11-2-1-3-12-28/h4,7-10,14-15,18H,1-3,5-6,11-13,16-17H2/t18-/m1/s1. The largest absolute Gasteiger partial charge is 0.493 e. The Hall–Kier alpha value is -2.96. The molecule has 7 heteroatoms. The van der Waals surface area contributed by atoms with Crippen LogP contribution in [0.15, 0.2) is 42.5 Å². The molecule has 170 valence electrons. The van der Waals surface area contributed by atoms with E-state index in [2.05, 4.69) is 0 Å². The van der Waals surface area contributed by atoms with Gasteiger partial charge in [0, 0.05) is 43.7 Å². The van der Waals surface area contributed by atoms with Gasteiger partial charge in [-0.3, -0.25) is 9.59 Å². The molecule has 2 heterocycles. The zero-order chi connectivity index (χ0) is 22.5. The number of ether oxygens (including phenoxy) is 1. The average Bonchev–Trinajstić information content (AvgIpc) is 2.83. The molecule has 0 spiro atoms. The first-order valence-electron chi connectivity index (χ1n) is 11.3. The van der Waals surface area contributed by atoms with Crippen LogP contribution in [-0.4, -0.2) is 54.4 Å². The van der Waals surface area contributed by atoms with Crippen molar-refractivity contribution in [1.29, 1.82) is 0 Å². The lowest BCUT2D eigenvalue weighted by atomic mass is 9.98. The molecule has 2 fully saturated rings. The van der Waals surface area contributed by atoms with Gasteiger partial charge in [0.25, 0.3) is 11.8 Å². The number of hydrogen-bond donors (Lipinski definition) is 0. The fourth-order valence-corrected chi connectivity index (χ4v) is 4.43. The van der Waals surface area contributed by atoms with Crippen LogP contribution in [0.25, 0.3) is 0 Å². The van der Waals surface area contributed by atoms with Crippen LogP contribution in [-0.2, 0) is 0 Å². The van der Waals surface area contributed by atoms with Crippen molar-refractivity contribution < 1.29 is 23.1 Å². The number of hydrogen-bond acceptors (Lipinski definition) is 3. The van der Waals surface area contributed by atoms with Gasteiger partial charge in [-0.1, -0.05) is 6.07 Å². The van der Waals surface area contributed by atoms with Gasteiger partial charge in [-0.05, 0) is 62.4 Å². The number of nitrogens with zero attached hydrogens (tertiary/aromatic N) is 2. The Morgan fingerprint density at radius 1 is 0.906 bits per heavy atom. The molecule has 2 aromatic carbocycles. The topological polar surface area (TPSA) is 49.9 Å². The second kappa shape index (κ2) is 10.1. The molecule has 0 aromatic heterocycles. The third kappa shape index (κ3) is 5.26. The van der Waals surface area contributed by atoms with E-state index in [0.29, 0.717) is 31.0 Å². The quantitative estimate of drug-likeness (QED) is 0.684. The summed E-state index contributed by atoms with van der Waals surface area (Å²) in [5, 5.41) is 0. The molecule has 0 bridgehead atoms. The number of rotatable bonds is 5. The monoisotopic (exact) mass is 442 g/mol. The molecule has 2 aliphatic rings. The van der Waals surface area contributed by atoms with Crippen molar-refractivity contribution in [3.8, 4) is 5.75 Å². The van der Waals surface area contributed by atoms with E-state index in [1.165, 1.54) is 12.5 Å². The highest BCUT2D eigenvalue weighted by atomic mass is 19.1. The maximum absolute atomic E-state index is 14.0. The number of likely N-dealkylation sites (tertiary alicyclic amines) is 2. The molecule has 1 atom stereocenters. The Balaban J connectivity index is 1.34. The summed E-state index contributed by atoms with van der Waals surface area (Å²) >= 11 is 0. The minimum Gasteiger partial charge on any atom is -0.493 e. The Morgan fingerprint density at radius 2 is 1.69 bits per heavy atom. The van der Waals surface area contributed by atoms with Crippen LogP contribution < -0.4 is 4.74 Å². The summed E-state index contributed by atoms with van der Waals surface area (Å²) in [6, 6.07) is 10.2. The van der Waals surface area contributed by atoms with Crippen molar-refractivity contribution >= 4 is 11.8 Å². The van der Waals surface area contributed by atoms with Crippen LogP contribution in [0.5, 0.6) is 5.75 Å². The highest BCUT2D eigenvalue weighted by molar-refractivity contribution is 5.95. The number of carbonyl (C=O) groups is 2. The van der Waals surface area contributed by atoms with Crippen LogP contribution in [0.2, 0.25) is 0 Å². The molecular weight excluding hydrogens is 414 g/mol. The molecule has 4 rings (SSSR count). The first-order valence-corrected chi connectivity index (χ1v) is 11.3. The van der Waals surface area contributed by atoms with Gasteiger partial charge in [0.1, 0.15) is 17.4 Å². The molecule has 0 saturated carbocycles. The fourth-order valence-electron chi connectivity index (χ4n) is 4.43. The van der Waals surface area contributed by atoms with Crippen molar-refractivity contribution in [3.05, 3.63) is 65.2 Å². The van der Waals surface area contributed by atoms with Crippen molar-refractivity contribution in [1.82, 2.24) is 9.80 Å². The lowest BCUT2D eigenvalue weighted by Crippen LogP contribution is -2.41. The Kier molecular flexibility index (Phi) is 7.02. The fraction of sp³-hybridized carbons (Fsp3) is 0.440. The van der Waals surface area contributed by atoms with Crippen LogP contribution in [0.1, 0.15) is 52.8 Å². The molecule has 0 aliphatic carbocycles. The zero-order valence-electron chi connectivity index (χ0n) is 18.1. The maximum Gasteiger partial charge on any atom is 0.256 e. The summed E-state index contributed by atoms with van der Waals surface area (Å²) in [5.74, 6) is -1.22. The Morgan fingerprint density at radius 3 is 2.47 bits per heavy atom. The van der Waals surface area contributed by atoms with E-state index in [0.717, 1.165) is 50.9 Å². The third-order valence-electron chi connectivity index (χ3n) is 6.18. The predicted octanol–water partition coefficient (Wildman–Crippen LogP) is 4.52. The highest BCUT2D eigenvalue weighted by Crippen LogP contribution is 2.23. The second-order valence-electron chi connectivity index (χ2n) is 8.58. The first-order chi connectivity index (χ1) is 15.5. The third-order valence-corrected chi connectivity index (χ3v) is 6.18. The SMILES string of the molecule is O=C(c1cccc(OC[C@@H]2CCCN(C(=O)c3ccc(F)cc3F)C2)c1)N1CCCCC1. The maximum atomic E-state index is 14.0. The first kappa shape index (κ1) is 22.2. The Bertz CT molecular complexity index is 975. The van der Waals surface area contributed by atoms with Crippen molar-refractivity contribution in [2.75, 3.05) is 32.8 Å². The molecule has 5 nitrogen and oxygen atoms in total. The summed E-state index contributed by atoms with van der Waals surface area (Å²) in [5.41, 5.74) is 0.508. The van der Waals surface area contributed by atoms with Gasteiger partial charge in [0.15, 0.2) is 0 Å². The highest BCUT2D eigenvalue weighted by Gasteiger charge is 2.27. The number of amides is 2. The van der Waals surface area contributed by atoms with E-state index < -0.39 is 17.5 Å². The molecule has 0 N–H and O–H groups in total. The summed E-state index contributed by atoms with van der Waals surface area (Å²) in [6.07, 6.45) is 4.93. The number of halogens is 2. The molecular formula is C25H28F2N2O3. The summed E-state index contributed by atoms with van der Waals surface area (Å²) in [7, 11) is 0. The van der Waals surface area contributed by atoms with Crippen LogP contribution in [0.3, 0.4) is 0 Å². The van der Waals surface area contributed by atoms with Crippen LogP contribution >= 0.6 is 0 Å². The van der Waals surface area contributed by atoms with Gasteiger partial charge >= 0.3 is 0 Å². The summed E-state index contributed by atoms with van der Waals surface area (Å²) < 4.78 is 33.1. The van der Waals surface area contributed by atoms with Crippen molar-refractivity contribution in [2.45, 2.75) is 32.1 Å². The molecule has 32 heavy (non-hydrogen) atoms. The Labute approximate surface area is 187 Å². The van der Waals surface area contributed by atoms with Crippen LogP contribution in [0, 0.1) is 17.6 Å². The second-order valence-corrected chi connectivity index (χ2v) is 8.58. The van der Waals surface area contributed by atoms with E-state index in [-0.39, 0.29) is 17.4 Å². The average molecular weight is 443 g/mol. The van der Waals surface area contributed by atoms with E-state index in [1.807, 2.05) is 23.1 Å². The number of carbonyl (C=O) groups excluding carboxylic acids is 2. The molecule has 2 saturated heterocycles. The van der Waals surface area contributed by atoms with Crippen LogP contribution in [0.4, 0.5) is 8.78 Å². The molecule has 0 radical (unpaired) electrons. The van der Waals surface area contributed by atoms with Crippen molar-refractivity contribution in [3.63, 3.8) is 0 Å². The zero-order valence-corrected chi connectivity index (χ0v) is 18.1. The smallest absolute Gasteiger partial charge is 0.256 e. The molecule has 2 aromatic rings. The minimum atomic E-state index is -0.844. The van der Waals surface area contributed by atoms with E-state index in [9.17, 15) is 18.4 Å². The number of piperidine rings is 2. The number of benzene rings is 2. The van der Waals surface area contributed by atoms with E-state index >= 15 is 0 Å². The van der Waals surface area contributed by atoms with Gasteiger partial charge in [-0.15, -0.1) is 0 Å². The molecule has 0 unspecified atom stereocenters. The van der Waals surface area contributed by atoms with Gasteiger partial charge in [-0.2, -0.15) is 0 Å². The normalized spacial score (nSPS) is 19.0. The van der Waals surface area contributed by atoms with Gasteiger partial charge < -0.3 is 14.5 Å². The molecule has 2 amide bonds. The van der Waals surface area contributed by atoms with Crippen molar-refractivity contribution in [2.24, 2.45) is 5.92 Å².